The predicted molar refractivity (Wildman–Crippen MR) is 110 cm³/mol. The molecule has 6 nitrogen and oxygen atoms in total. The maximum Gasteiger partial charge on any atom is 0.291 e. The van der Waals surface area contributed by atoms with Crippen molar-refractivity contribution in [3.63, 3.8) is 0 Å². The van der Waals surface area contributed by atoms with E-state index in [4.69, 9.17) is 9.15 Å². The van der Waals surface area contributed by atoms with Crippen molar-refractivity contribution in [1.82, 2.24) is 4.90 Å². The molecule has 0 fully saturated rings. The fourth-order valence-corrected chi connectivity index (χ4v) is 4.05. The molecule has 1 unspecified atom stereocenters. The van der Waals surface area contributed by atoms with E-state index in [9.17, 15) is 14.7 Å². The number of hydrogen-bond donors (Lipinski definition) is 1. The fourth-order valence-electron chi connectivity index (χ4n) is 4.05. The molecule has 1 amide bonds. The Labute approximate surface area is 167 Å². The summed E-state index contributed by atoms with van der Waals surface area (Å²) < 4.78 is 11.2. The normalized spacial score (nSPS) is 15.6. The van der Waals surface area contributed by atoms with Gasteiger partial charge in [-0.3, -0.25) is 9.59 Å². The van der Waals surface area contributed by atoms with Crippen molar-refractivity contribution in [3.05, 3.63) is 81.2 Å². The highest BCUT2D eigenvalue weighted by Crippen LogP contribution is 2.40. The fraction of sp³-hybridized carbons (Fsp3) is 0.217. The summed E-state index contributed by atoms with van der Waals surface area (Å²) in [5.74, 6) is -0.0756. The number of aromatic hydroxyl groups is 1. The van der Waals surface area contributed by atoms with Crippen LogP contribution in [0, 0.1) is 13.8 Å². The molecule has 0 saturated carbocycles. The molecule has 1 aliphatic rings. The Hall–Kier alpha value is -3.54. The molecule has 3 aromatic rings. The highest BCUT2D eigenvalue weighted by molar-refractivity contribution is 5.99. The summed E-state index contributed by atoms with van der Waals surface area (Å²) in [5, 5.41) is 10.4. The summed E-state index contributed by atoms with van der Waals surface area (Å²) in [7, 11) is 1.45. The minimum absolute atomic E-state index is 0.0204. The molecular weight excluding hydrogens is 370 g/mol. The quantitative estimate of drug-likeness (QED) is 0.683. The maximum atomic E-state index is 13.5. The Kier molecular flexibility index (Phi) is 4.42. The highest BCUT2D eigenvalue weighted by Gasteiger charge is 2.42. The number of benzene rings is 2. The van der Waals surface area contributed by atoms with E-state index in [1.807, 2.05) is 19.9 Å². The van der Waals surface area contributed by atoms with Crippen LogP contribution in [0.1, 0.15) is 38.9 Å². The smallest absolute Gasteiger partial charge is 0.291 e. The molecule has 148 valence electrons. The summed E-state index contributed by atoms with van der Waals surface area (Å²) in [6.07, 6.45) is 1.61. The summed E-state index contributed by atoms with van der Waals surface area (Å²) >= 11 is 0. The number of rotatable bonds is 4. The molecule has 0 aliphatic carbocycles. The van der Waals surface area contributed by atoms with Crippen LogP contribution < -0.4 is 10.2 Å². The first-order valence-electron chi connectivity index (χ1n) is 9.24. The van der Waals surface area contributed by atoms with E-state index in [2.05, 4.69) is 6.58 Å². The van der Waals surface area contributed by atoms with E-state index < -0.39 is 6.04 Å². The molecule has 1 N–H and O–H groups in total. The Bertz CT molecular complexity index is 1220. The second-order valence-electron chi connectivity index (χ2n) is 7.21. The lowest BCUT2D eigenvalue weighted by atomic mass is 9.96. The number of amides is 1. The van der Waals surface area contributed by atoms with Crippen LogP contribution in [-0.2, 0) is 0 Å². The zero-order valence-electron chi connectivity index (χ0n) is 16.5. The third-order valence-corrected chi connectivity index (χ3v) is 5.26. The molecule has 1 atom stereocenters. The number of methoxy groups -OCH3 is 1. The van der Waals surface area contributed by atoms with Gasteiger partial charge in [-0.05, 0) is 48.7 Å². The van der Waals surface area contributed by atoms with Gasteiger partial charge in [-0.2, -0.15) is 0 Å². The number of phenolic OH excluding ortho intramolecular Hbond substituents is 1. The molecule has 4 rings (SSSR count). The van der Waals surface area contributed by atoms with Gasteiger partial charge >= 0.3 is 0 Å². The number of aryl methyl sites for hydroxylation is 2. The molecule has 0 bridgehead atoms. The second-order valence-corrected chi connectivity index (χ2v) is 7.21. The van der Waals surface area contributed by atoms with Crippen molar-refractivity contribution in [3.8, 4) is 11.5 Å². The Morgan fingerprint density at radius 3 is 2.69 bits per heavy atom. The van der Waals surface area contributed by atoms with Gasteiger partial charge in [0.2, 0.25) is 5.76 Å². The molecule has 1 aliphatic heterocycles. The first-order valence-corrected chi connectivity index (χ1v) is 9.24. The lowest BCUT2D eigenvalue weighted by molar-refractivity contribution is 0.0748. The van der Waals surface area contributed by atoms with Crippen molar-refractivity contribution in [2.24, 2.45) is 0 Å². The first kappa shape index (κ1) is 18.8. The Balaban J connectivity index is 2.04. The van der Waals surface area contributed by atoms with Crippen LogP contribution in [0.3, 0.4) is 0 Å². The maximum absolute atomic E-state index is 13.5. The van der Waals surface area contributed by atoms with Crippen LogP contribution in [-0.4, -0.2) is 29.6 Å². The zero-order valence-corrected chi connectivity index (χ0v) is 16.5. The van der Waals surface area contributed by atoms with Crippen LogP contribution in [0.2, 0.25) is 0 Å². The topological polar surface area (TPSA) is 80.0 Å². The average molecular weight is 391 g/mol. The van der Waals surface area contributed by atoms with Gasteiger partial charge in [-0.25, -0.2) is 0 Å². The van der Waals surface area contributed by atoms with E-state index in [-0.39, 0.29) is 35.1 Å². The number of fused-ring (bicyclic) bond motifs is 2. The van der Waals surface area contributed by atoms with Gasteiger partial charge in [0.1, 0.15) is 5.58 Å². The van der Waals surface area contributed by atoms with Crippen molar-refractivity contribution in [1.29, 1.82) is 0 Å². The minimum Gasteiger partial charge on any atom is -0.504 e. The van der Waals surface area contributed by atoms with E-state index in [1.54, 1.807) is 24.3 Å². The summed E-state index contributed by atoms with van der Waals surface area (Å²) in [6, 6.07) is 7.82. The minimum atomic E-state index is -0.661. The number of carbonyl (C=O) groups is 1. The van der Waals surface area contributed by atoms with Gasteiger partial charge in [-0.1, -0.05) is 18.2 Å². The Morgan fingerprint density at radius 1 is 1.24 bits per heavy atom. The molecule has 1 aromatic heterocycles. The lowest BCUT2D eigenvalue weighted by Gasteiger charge is -2.24. The molecule has 0 spiro atoms. The van der Waals surface area contributed by atoms with Crippen molar-refractivity contribution >= 4 is 16.9 Å². The van der Waals surface area contributed by atoms with Gasteiger partial charge in [0.15, 0.2) is 16.9 Å². The van der Waals surface area contributed by atoms with Gasteiger partial charge in [0.25, 0.3) is 5.91 Å². The van der Waals surface area contributed by atoms with Crippen LogP contribution in [0.15, 0.2) is 52.2 Å². The molecule has 29 heavy (non-hydrogen) atoms. The number of carbonyl (C=O) groups excluding carboxylic acids is 1. The highest BCUT2D eigenvalue weighted by atomic mass is 16.5. The number of ether oxygens (including phenoxy) is 1. The second kappa shape index (κ2) is 6.81. The standard InChI is InChI=1S/C23H21NO5/c1-5-8-24-20(14-6-7-15(25)16(11-14)28-4)19-21(26)18-13(3)9-12(2)10-17(18)29-22(19)23(24)27/h5-7,9-11,20,25H,1,8H2,2-4H3. The molecule has 2 aromatic carbocycles. The molecule has 0 saturated heterocycles. The van der Waals surface area contributed by atoms with E-state index in [0.717, 1.165) is 11.1 Å². The number of nitrogens with zero attached hydrogens (tertiary/aromatic N) is 1. The summed E-state index contributed by atoms with van der Waals surface area (Å²) in [6.45, 7) is 7.74. The summed E-state index contributed by atoms with van der Waals surface area (Å²) in [5.41, 5.74) is 2.87. The zero-order chi connectivity index (χ0) is 20.9. The molecule has 0 radical (unpaired) electrons. The SMILES string of the molecule is C=CCN1C(=O)c2oc3cc(C)cc(C)c3c(=O)c2C1c1ccc(O)c(OC)c1. The third kappa shape index (κ3) is 2.79. The van der Waals surface area contributed by atoms with Gasteiger partial charge in [-0.15, -0.1) is 6.58 Å². The number of hydrogen-bond acceptors (Lipinski definition) is 5. The van der Waals surface area contributed by atoms with Crippen molar-refractivity contribution < 1.29 is 19.1 Å². The molecule has 6 heteroatoms. The largest absolute Gasteiger partial charge is 0.504 e. The van der Waals surface area contributed by atoms with E-state index >= 15 is 0 Å². The van der Waals surface area contributed by atoms with Gasteiger partial charge in [0.05, 0.1) is 24.1 Å². The predicted octanol–water partition coefficient (Wildman–Crippen LogP) is 3.86. The van der Waals surface area contributed by atoms with Crippen LogP contribution in [0.4, 0.5) is 0 Å². The Morgan fingerprint density at radius 2 is 2.00 bits per heavy atom. The summed E-state index contributed by atoms with van der Waals surface area (Å²) in [4.78, 5) is 28.2. The average Bonchev–Trinajstić information content (AvgIpc) is 2.95. The molecular formula is C23H21NO5. The van der Waals surface area contributed by atoms with Gasteiger partial charge in [0, 0.05) is 6.54 Å². The van der Waals surface area contributed by atoms with Crippen LogP contribution in [0.25, 0.3) is 11.0 Å². The van der Waals surface area contributed by atoms with E-state index in [1.165, 1.54) is 18.1 Å². The first-order chi connectivity index (χ1) is 13.9. The van der Waals surface area contributed by atoms with Crippen molar-refractivity contribution in [2.75, 3.05) is 13.7 Å². The lowest BCUT2D eigenvalue weighted by Crippen LogP contribution is -2.29. The number of phenols is 1. The van der Waals surface area contributed by atoms with E-state index in [0.29, 0.717) is 22.1 Å². The monoisotopic (exact) mass is 391 g/mol. The third-order valence-electron chi connectivity index (χ3n) is 5.26. The van der Waals surface area contributed by atoms with Crippen LogP contribution in [0.5, 0.6) is 11.5 Å². The molecule has 2 heterocycles. The van der Waals surface area contributed by atoms with Crippen LogP contribution >= 0.6 is 0 Å². The van der Waals surface area contributed by atoms with Crippen molar-refractivity contribution in [2.45, 2.75) is 19.9 Å². The van der Waals surface area contributed by atoms with Gasteiger partial charge < -0.3 is 19.2 Å².